The van der Waals surface area contributed by atoms with E-state index in [1.165, 1.54) is 11.3 Å². The number of rotatable bonds is 5. The standard InChI is InChI=1S/C20H20N4OS/c25-19(21-11-15-7-3-1-4-8-15)18-14-26-20(23-18)16-12-22-24(13-16)17-9-5-2-6-10-17/h1-3,5-6,9-10,12-15H,4,7-8,11H2,(H,21,25). The minimum absolute atomic E-state index is 0.0995. The van der Waals surface area contributed by atoms with Crippen LogP contribution in [0.25, 0.3) is 16.3 Å². The third kappa shape index (κ3) is 3.75. The number of amides is 1. The van der Waals surface area contributed by atoms with Gasteiger partial charge in [0.2, 0.25) is 0 Å². The fourth-order valence-corrected chi connectivity index (χ4v) is 3.81. The van der Waals surface area contributed by atoms with E-state index in [-0.39, 0.29) is 5.91 Å². The molecule has 4 rings (SSSR count). The van der Waals surface area contributed by atoms with Crippen molar-refractivity contribution in [3.63, 3.8) is 0 Å². The van der Waals surface area contributed by atoms with Gasteiger partial charge in [-0.15, -0.1) is 11.3 Å². The lowest BCUT2D eigenvalue weighted by molar-refractivity contribution is 0.0942. The number of benzene rings is 1. The normalized spacial score (nSPS) is 16.5. The lowest BCUT2D eigenvalue weighted by atomic mass is 9.94. The molecule has 0 saturated heterocycles. The van der Waals surface area contributed by atoms with Crippen LogP contribution in [0.2, 0.25) is 0 Å². The highest BCUT2D eigenvalue weighted by Crippen LogP contribution is 2.24. The van der Waals surface area contributed by atoms with Crippen LogP contribution >= 0.6 is 11.3 Å². The number of carbonyl (C=O) groups excluding carboxylic acids is 1. The summed E-state index contributed by atoms with van der Waals surface area (Å²) in [7, 11) is 0. The zero-order valence-corrected chi connectivity index (χ0v) is 15.2. The number of aromatic nitrogens is 3. The second-order valence-corrected chi connectivity index (χ2v) is 7.27. The van der Waals surface area contributed by atoms with Gasteiger partial charge in [-0.2, -0.15) is 5.10 Å². The van der Waals surface area contributed by atoms with Crippen LogP contribution < -0.4 is 5.32 Å². The van der Waals surface area contributed by atoms with Gasteiger partial charge in [0.15, 0.2) is 0 Å². The highest BCUT2D eigenvalue weighted by molar-refractivity contribution is 7.13. The molecule has 0 radical (unpaired) electrons. The molecular formula is C20H20N4OS. The van der Waals surface area contributed by atoms with E-state index in [1.807, 2.05) is 46.6 Å². The van der Waals surface area contributed by atoms with Crippen LogP contribution in [0.15, 0.2) is 60.3 Å². The fourth-order valence-electron chi connectivity index (χ4n) is 3.04. The van der Waals surface area contributed by atoms with Crippen LogP contribution in [0.3, 0.4) is 0 Å². The summed E-state index contributed by atoms with van der Waals surface area (Å²) in [6.45, 7) is 0.710. The Bertz CT molecular complexity index is 913. The largest absolute Gasteiger partial charge is 0.350 e. The molecule has 1 aliphatic carbocycles. The Kier molecular flexibility index (Phi) is 4.93. The Morgan fingerprint density at radius 1 is 1.27 bits per heavy atom. The number of hydrogen-bond acceptors (Lipinski definition) is 4. The van der Waals surface area contributed by atoms with Crippen LogP contribution in [0.1, 0.15) is 29.8 Å². The van der Waals surface area contributed by atoms with Crippen molar-refractivity contribution in [1.29, 1.82) is 0 Å². The summed E-state index contributed by atoms with van der Waals surface area (Å²) in [6.07, 6.45) is 11.4. The first-order valence-electron chi connectivity index (χ1n) is 8.79. The van der Waals surface area contributed by atoms with E-state index < -0.39 is 0 Å². The van der Waals surface area contributed by atoms with Crippen molar-refractivity contribution >= 4 is 17.2 Å². The van der Waals surface area contributed by atoms with E-state index >= 15 is 0 Å². The summed E-state index contributed by atoms with van der Waals surface area (Å²) in [5, 5.41) is 10.0. The molecule has 1 N–H and O–H groups in total. The molecule has 5 nitrogen and oxygen atoms in total. The Morgan fingerprint density at radius 2 is 2.15 bits per heavy atom. The number of hydrogen-bond donors (Lipinski definition) is 1. The van der Waals surface area contributed by atoms with Crippen molar-refractivity contribution in [2.45, 2.75) is 19.3 Å². The van der Waals surface area contributed by atoms with Crippen LogP contribution in [-0.2, 0) is 0 Å². The topological polar surface area (TPSA) is 59.8 Å². The monoisotopic (exact) mass is 364 g/mol. The first-order valence-corrected chi connectivity index (χ1v) is 9.67. The SMILES string of the molecule is O=C(NCC1CC=CCC1)c1csc(-c2cnn(-c3ccccc3)c2)n1. The number of allylic oxidation sites excluding steroid dienone is 2. The van der Waals surface area contributed by atoms with Crippen LogP contribution in [0, 0.1) is 5.92 Å². The molecule has 0 saturated carbocycles. The molecule has 1 aliphatic rings. The third-order valence-corrected chi connectivity index (χ3v) is 5.41. The Hall–Kier alpha value is -2.73. The average molecular weight is 364 g/mol. The predicted octanol–water partition coefficient (Wildman–Crippen LogP) is 4.08. The zero-order chi connectivity index (χ0) is 17.8. The molecular weight excluding hydrogens is 344 g/mol. The maximum Gasteiger partial charge on any atom is 0.270 e. The molecule has 0 spiro atoms. The summed E-state index contributed by atoms with van der Waals surface area (Å²) >= 11 is 1.46. The molecule has 1 aromatic carbocycles. The number of nitrogens with zero attached hydrogens (tertiary/aromatic N) is 3. The Labute approximate surface area is 156 Å². The van der Waals surface area contributed by atoms with E-state index in [4.69, 9.17) is 0 Å². The highest BCUT2D eigenvalue weighted by atomic mass is 32.1. The average Bonchev–Trinajstić information content (AvgIpc) is 3.37. The van der Waals surface area contributed by atoms with E-state index in [0.29, 0.717) is 18.2 Å². The van der Waals surface area contributed by atoms with Gasteiger partial charge in [-0.3, -0.25) is 4.79 Å². The lowest BCUT2D eigenvalue weighted by Crippen LogP contribution is -2.29. The minimum atomic E-state index is -0.0995. The molecule has 1 unspecified atom stereocenters. The van der Waals surface area contributed by atoms with Crippen molar-refractivity contribution in [2.75, 3.05) is 6.54 Å². The van der Waals surface area contributed by atoms with Crippen molar-refractivity contribution in [2.24, 2.45) is 5.92 Å². The van der Waals surface area contributed by atoms with Crippen molar-refractivity contribution in [3.8, 4) is 16.3 Å². The van der Waals surface area contributed by atoms with Crippen molar-refractivity contribution in [1.82, 2.24) is 20.1 Å². The van der Waals surface area contributed by atoms with Gasteiger partial charge >= 0.3 is 0 Å². The predicted molar refractivity (Wildman–Crippen MR) is 103 cm³/mol. The molecule has 0 bridgehead atoms. The van der Waals surface area contributed by atoms with Gasteiger partial charge in [0.05, 0.1) is 11.9 Å². The molecule has 0 aliphatic heterocycles. The Morgan fingerprint density at radius 3 is 2.96 bits per heavy atom. The minimum Gasteiger partial charge on any atom is -0.350 e. The molecule has 0 fully saturated rings. The molecule has 26 heavy (non-hydrogen) atoms. The van der Waals surface area contributed by atoms with Gasteiger partial charge in [0, 0.05) is 23.7 Å². The van der Waals surface area contributed by atoms with Gasteiger partial charge < -0.3 is 5.32 Å². The second-order valence-electron chi connectivity index (χ2n) is 6.41. The van der Waals surface area contributed by atoms with Gasteiger partial charge in [0.25, 0.3) is 5.91 Å². The summed E-state index contributed by atoms with van der Waals surface area (Å²) in [5.41, 5.74) is 2.38. The molecule has 1 amide bonds. The quantitative estimate of drug-likeness (QED) is 0.694. The van der Waals surface area contributed by atoms with Gasteiger partial charge in [-0.25, -0.2) is 9.67 Å². The summed E-state index contributed by atoms with van der Waals surface area (Å²) < 4.78 is 1.81. The summed E-state index contributed by atoms with van der Waals surface area (Å²) in [5.74, 6) is 0.434. The van der Waals surface area contributed by atoms with E-state index in [9.17, 15) is 4.79 Å². The number of para-hydroxylation sites is 1. The zero-order valence-electron chi connectivity index (χ0n) is 14.3. The van der Waals surface area contributed by atoms with Crippen LogP contribution in [0.4, 0.5) is 0 Å². The molecule has 3 aromatic rings. The van der Waals surface area contributed by atoms with Gasteiger partial charge in [-0.05, 0) is 37.3 Å². The molecule has 2 aromatic heterocycles. The fraction of sp³-hybridized carbons (Fsp3) is 0.250. The molecule has 132 valence electrons. The maximum absolute atomic E-state index is 12.4. The molecule has 6 heteroatoms. The summed E-state index contributed by atoms with van der Waals surface area (Å²) in [6, 6.07) is 9.93. The molecule has 1 atom stereocenters. The van der Waals surface area contributed by atoms with E-state index in [2.05, 4.69) is 27.6 Å². The lowest BCUT2D eigenvalue weighted by Gasteiger charge is -2.17. The number of thiazole rings is 1. The smallest absolute Gasteiger partial charge is 0.270 e. The first-order chi connectivity index (χ1) is 12.8. The van der Waals surface area contributed by atoms with Crippen LogP contribution in [-0.4, -0.2) is 27.2 Å². The van der Waals surface area contributed by atoms with Crippen molar-refractivity contribution < 1.29 is 4.79 Å². The van der Waals surface area contributed by atoms with E-state index in [0.717, 1.165) is 35.5 Å². The van der Waals surface area contributed by atoms with Gasteiger partial charge in [0.1, 0.15) is 10.7 Å². The number of nitrogens with one attached hydrogen (secondary N) is 1. The Balaban J connectivity index is 1.42. The maximum atomic E-state index is 12.4. The van der Waals surface area contributed by atoms with Crippen LogP contribution in [0.5, 0.6) is 0 Å². The third-order valence-electron chi connectivity index (χ3n) is 4.52. The van der Waals surface area contributed by atoms with Gasteiger partial charge in [-0.1, -0.05) is 30.4 Å². The molecule has 2 heterocycles. The first kappa shape index (κ1) is 16.7. The highest BCUT2D eigenvalue weighted by Gasteiger charge is 2.15. The van der Waals surface area contributed by atoms with E-state index in [1.54, 1.807) is 6.20 Å². The summed E-state index contributed by atoms with van der Waals surface area (Å²) in [4.78, 5) is 16.8. The van der Waals surface area contributed by atoms with Crippen molar-refractivity contribution in [3.05, 3.63) is 66.0 Å². The number of carbonyl (C=O) groups is 1. The second kappa shape index (κ2) is 7.66.